The molecule has 0 saturated heterocycles. The number of hydrogen-bond donors (Lipinski definition) is 1. The molecule has 1 aromatic carbocycles. The molecule has 6 heteroatoms. The van der Waals surface area contributed by atoms with Gasteiger partial charge in [-0.2, -0.15) is 5.10 Å². The van der Waals surface area contributed by atoms with Crippen molar-refractivity contribution in [2.45, 2.75) is 0 Å². The van der Waals surface area contributed by atoms with Crippen molar-refractivity contribution in [3.63, 3.8) is 0 Å². The van der Waals surface area contributed by atoms with Crippen LogP contribution in [0.15, 0.2) is 78.2 Å². The van der Waals surface area contributed by atoms with Gasteiger partial charge in [0.1, 0.15) is 5.71 Å². The average Bonchev–Trinajstić information content (AvgIpc) is 3.07. The van der Waals surface area contributed by atoms with Crippen LogP contribution in [0.25, 0.3) is 10.2 Å². The van der Waals surface area contributed by atoms with Crippen LogP contribution in [-0.4, -0.2) is 20.7 Å². The summed E-state index contributed by atoms with van der Waals surface area (Å²) in [6, 6.07) is 19.4. The van der Waals surface area contributed by atoms with E-state index >= 15 is 0 Å². The number of nitrogens with zero attached hydrogens (tertiary/aromatic N) is 4. The summed E-state index contributed by atoms with van der Waals surface area (Å²) in [6.45, 7) is 0. The van der Waals surface area contributed by atoms with E-state index < -0.39 is 0 Å². The van der Waals surface area contributed by atoms with Crippen LogP contribution in [0.5, 0.6) is 0 Å². The van der Waals surface area contributed by atoms with Gasteiger partial charge in [-0.1, -0.05) is 35.6 Å². The number of thiazole rings is 1. The summed E-state index contributed by atoms with van der Waals surface area (Å²) in [4.78, 5) is 13.3. The highest BCUT2D eigenvalue weighted by atomic mass is 32.1. The van der Waals surface area contributed by atoms with Crippen LogP contribution in [0.1, 0.15) is 11.4 Å². The molecule has 24 heavy (non-hydrogen) atoms. The van der Waals surface area contributed by atoms with Crippen molar-refractivity contribution in [3.8, 4) is 0 Å². The van der Waals surface area contributed by atoms with Gasteiger partial charge >= 0.3 is 0 Å². The second-order valence-electron chi connectivity index (χ2n) is 4.99. The third-order valence-corrected chi connectivity index (χ3v) is 4.31. The summed E-state index contributed by atoms with van der Waals surface area (Å²) in [7, 11) is 0. The van der Waals surface area contributed by atoms with Gasteiger partial charge in [-0.15, -0.1) is 0 Å². The van der Waals surface area contributed by atoms with E-state index in [-0.39, 0.29) is 0 Å². The molecule has 0 saturated carbocycles. The first-order valence-electron chi connectivity index (χ1n) is 7.42. The van der Waals surface area contributed by atoms with Crippen LogP contribution in [0.4, 0.5) is 5.13 Å². The highest BCUT2D eigenvalue weighted by Gasteiger charge is 2.10. The predicted molar refractivity (Wildman–Crippen MR) is 97.4 cm³/mol. The fourth-order valence-corrected chi connectivity index (χ4v) is 3.08. The number of nitrogens with one attached hydrogen (secondary N) is 1. The molecule has 0 bridgehead atoms. The average molecular weight is 331 g/mol. The summed E-state index contributed by atoms with van der Waals surface area (Å²) in [5, 5.41) is 5.26. The van der Waals surface area contributed by atoms with Crippen LogP contribution < -0.4 is 5.43 Å². The standard InChI is InChI=1S/C18H13N5S/c1-2-10-16-13(7-1)21-18(24-16)23-22-17(14-8-3-5-11-19-14)15-9-4-6-12-20-15/h1-12H,(H,21,23). The molecule has 0 aliphatic rings. The number of hydrazone groups is 1. The lowest BCUT2D eigenvalue weighted by atomic mass is 10.1. The predicted octanol–water partition coefficient (Wildman–Crippen LogP) is 3.95. The van der Waals surface area contributed by atoms with E-state index in [1.54, 1.807) is 23.7 Å². The molecular formula is C18H13N5S. The molecule has 0 aliphatic carbocycles. The van der Waals surface area contributed by atoms with Crippen molar-refractivity contribution in [2.75, 3.05) is 5.43 Å². The minimum Gasteiger partial charge on any atom is -0.254 e. The Labute approximate surface area is 142 Å². The number of aromatic nitrogens is 3. The molecule has 0 atom stereocenters. The fourth-order valence-electron chi connectivity index (χ4n) is 2.28. The van der Waals surface area contributed by atoms with Gasteiger partial charge in [0.25, 0.3) is 0 Å². The molecule has 0 fully saturated rings. The quantitative estimate of drug-likeness (QED) is 0.454. The van der Waals surface area contributed by atoms with Crippen molar-refractivity contribution in [1.29, 1.82) is 0 Å². The Balaban J connectivity index is 1.71. The van der Waals surface area contributed by atoms with Crippen molar-refractivity contribution < 1.29 is 0 Å². The van der Waals surface area contributed by atoms with Crippen LogP contribution >= 0.6 is 11.3 Å². The lowest BCUT2D eigenvalue weighted by molar-refractivity contribution is 1.21. The molecule has 3 heterocycles. The van der Waals surface area contributed by atoms with Crippen molar-refractivity contribution >= 4 is 32.4 Å². The van der Waals surface area contributed by atoms with E-state index in [4.69, 9.17) is 0 Å². The lowest BCUT2D eigenvalue weighted by Gasteiger charge is -2.05. The zero-order chi connectivity index (χ0) is 16.2. The third kappa shape index (κ3) is 3.00. The second kappa shape index (κ2) is 6.55. The Bertz CT molecular complexity index is 905. The number of hydrogen-bond acceptors (Lipinski definition) is 6. The number of pyridine rings is 2. The monoisotopic (exact) mass is 331 g/mol. The number of para-hydroxylation sites is 1. The van der Waals surface area contributed by atoms with Gasteiger partial charge in [-0.3, -0.25) is 15.4 Å². The van der Waals surface area contributed by atoms with Crippen LogP contribution in [-0.2, 0) is 0 Å². The zero-order valence-corrected chi connectivity index (χ0v) is 13.4. The van der Waals surface area contributed by atoms with Gasteiger partial charge in [0.05, 0.1) is 21.6 Å². The maximum atomic E-state index is 4.53. The minimum absolute atomic E-state index is 0.676. The number of benzene rings is 1. The molecule has 3 aromatic heterocycles. The first-order valence-corrected chi connectivity index (χ1v) is 8.24. The molecule has 116 valence electrons. The zero-order valence-electron chi connectivity index (χ0n) is 12.6. The summed E-state index contributed by atoms with van der Waals surface area (Å²) in [5.41, 5.74) is 6.19. The van der Waals surface area contributed by atoms with E-state index in [0.29, 0.717) is 5.71 Å². The number of rotatable bonds is 4. The van der Waals surface area contributed by atoms with Crippen LogP contribution in [0, 0.1) is 0 Å². The Kier molecular flexibility index (Phi) is 3.95. The summed E-state index contributed by atoms with van der Waals surface area (Å²) in [6.07, 6.45) is 3.48. The molecule has 0 unspecified atom stereocenters. The molecule has 4 rings (SSSR count). The van der Waals surface area contributed by atoms with Crippen LogP contribution in [0.2, 0.25) is 0 Å². The SMILES string of the molecule is c1ccc(C(=NNc2nc3ccccc3s2)c2ccccn2)nc1. The van der Waals surface area contributed by atoms with Gasteiger partial charge < -0.3 is 0 Å². The largest absolute Gasteiger partial charge is 0.254 e. The minimum atomic E-state index is 0.676. The molecule has 0 aliphatic heterocycles. The van der Waals surface area contributed by atoms with Gasteiger partial charge in [0.15, 0.2) is 0 Å². The number of anilines is 1. The summed E-state index contributed by atoms with van der Waals surface area (Å²) >= 11 is 1.56. The van der Waals surface area contributed by atoms with Crippen molar-refractivity contribution in [1.82, 2.24) is 15.0 Å². The Morgan fingerprint density at radius 1 is 0.833 bits per heavy atom. The normalized spacial score (nSPS) is 10.5. The first kappa shape index (κ1) is 14.5. The second-order valence-corrected chi connectivity index (χ2v) is 6.02. The molecule has 0 amide bonds. The van der Waals surface area contributed by atoms with Crippen LogP contribution in [0.3, 0.4) is 0 Å². The van der Waals surface area contributed by atoms with Gasteiger partial charge in [0.2, 0.25) is 5.13 Å². The topological polar surface area (TPSA) is 63.1 Å². The molecule has 5 nitrogen and oxygen atoms in total. The molecule has 0 spiro atoms. The first-order chi connectivity index (χ1) is 11.9. The Hall–Kier alpha value is -3.12. The maximum Gasteiger partial charge on any atom is 0.204 e. The number of fused-ring (bicyclic) bond motifs is 1. The summed E-state index contributed by atoms with van der Waals surface area (Å²) < 4.78 is 1.12. The van der Waals surface area contributed by atoms with E-state index in [1.165, 1.54) is 0 Å². The van der Waals surface area contributed by atoms with Crippen molar-refractivity contribution in [3.05, 3.63) is 84.4 Å². The lowest BCUT2D eigenvalue weighted by Crippen LogP contribution is -2.10. The molecule has 0 radical (unpaired) electrons. The third-order valence-electron chi connectivity index (χ3n) is 3.37. The fraction of sp³-hybridized carbons (Fsp3) is 0. The van der Waals surface area contributed by atoms with E-state index in [9.17, 15) is 0 Å². The molecule has 1 N–H and O–H groups in total. The Morgan fingerprint density at radius 2 is 1.50 bits per heavy atom. The van der Waals surface area contributed by atoms with Gasteiger partial charge in [-0.05, 0) is 36.4 Å². The Morgan fingerprint density at radius 3 is 2.12 bits per heavy atom. The molecule has 4 aromatic rings. The highest BCUT2D eigenvalue weighted by Crippen LogP contribution is 2.25. The van der Waals surface area contributed by atoms with Gasteiger partial charge in [-0.25, -0.2) is 4.98 Å². The van der Waals surface area contributed by atoms with E-state index in [1.807, 2.05) is 60.7 Å². The van der Waals surface area contributed by atoms with Gasteiger partial charge in [0, 0.05) is 12.4 Å². The highest BCUT2D eigenvalue weighted by molar-refractivity contribution is 7.22. The smallest absolute Gasteiger partial charge is 0.204 e. The summed E-state index contributed by atoms with van der Waals surface area (Å²) in [5.74, 6) is 0. The maximum absolute atomic E-state index is 4.53. The van der Waals surface area contributed by atoms with Crippen molar-refractivity contribution in [2.24, 2.45) is 5.10 Å². The van der Waals surface area contributed by atoms with E-state index in [2.05, 4.69) is 25.5 Å². The van der Waals surface area contributed by atoms with E-state index in [0.717, 1.165) is 26.7 Å². The molecular weight excluding hydrogens is 318 g/mol.